The predicted octanol–water partition coefficient (Wildman–Crippen LogP) is 4.28. The molecular weight excluding hydrogens is 444 g/mol. The number of pyridine rings is 1. The molecule has 0 aliphatic rings. The number of ether oxygens (including phenoxy) is 1. The fourth-order valence-electron chi connectivity index (χ4n) is 3.58. The zero-order chi connectivity index (χ0) is 23.5. The summed E-state index contributed by atoms with van der Waals surface area (Å²) in [5, 5.41) is 12.8. The summed E-state index contributed by atoms with van der Waals surface area (Å²) in [6.45, 7) is 4.68. The minimum Gasteiger partial charge on any atom is -0.462 e. The van der Waals surface area contributed by atoms with Crippen LogP contribution in [0.4, 0.5) is 5.88 Å². The van der Waals surface area contributed by atoms with Gasteiger partial charge in [-0.3, -0.25) is 19.3 Å². The lowest BCUT2D eigenvalue weighted by molar-refractivity contribution is -0.115. The monoisotopic (exact) mass is 466 g/mol. The Labute approximate surface area is 193 Å². The van der Waals surface area contributed by atoms with Gasteiger partial charge in [-0.1, -0.05) is 30.0 Å². The van der Waals surface area contributed by atoms with Gasteiger partial charge in [-0.2, -0.15) is 0 Å². The first kappa shape index (κ1) is 22.5. The lowest BCUT2D eigenvalue weighted by atomic mass is 10.1. The number of carbonyl (C=O) groups excluding carboxylic acids is 3. The van der Waals surface area contributed by atoms with E-state index >= 15 is 0 Å². The number of Topliss-reactive ketones (excluding diaryl/α,β-unsaturated/α-hetero) is 1. The zero-order valence-electron chi connectivity index (χ0n) is 18.4. The summed E-state index contributed by atoms with van der Waals surface area (Å²) in [4.78, 5) is 37.0. The minimum atomic E-state index is -0.717. The van der Waals surface area contributed by atoms with E-state index in [9.17, 15) is 14.4 Å². The van der Waals surface area contributed by atoms with Gasteiger partial charge in [0.15, 0.2) is 16.6 Å². The molecule has 1 N–H and O–H groups in total. The minimum absolute atomic E-state index is 0.0576. The number of nitrogens with one attached hydrogen (secondary N) is 1. The van der Waals surface area contributed by atoms with Crippen LogP contribution in [0, 0.1) is 6.92 Å². The third-order valence-electron chi connectivity index (χ3n) is 4.98. The molecule has 0 atom stereocenters. The highest BCUT2D eigenvalue weighted by molar-refractivity contribution is 7.99. The van der Waals surface area contributed by atoms with Crippen molar-refractivity contribution in [1.82, 2.24) is 14.6 Å². The van der Waals surface area contributed by atoms with Gasteiger partial charge in [-0.15, -0.1) is 10.2 Å². The second-order valence-electron chi connectivity index (χ2n) is 7.23. The van der Waals surface area contributed by atoms with E-state index < -0.39 is 5.97 Å². The second-order valence-corrected chi connectivity index (χ2v) is 8.29. The molecule has 0 radical (unpaired) electrons. The number of hydrogen-bond donors (Lipinski definition) is 1. The van der Waals surface area contributed by atoms with Gasteiger partial charge in [0.05, 0.1) is 17.7 Å². The summed E-state index contributed by atoms with van der Waals surface area (Å²) in [5.41, 5.74) is 1.76. The van der Waals surface area contributed by atoms with E-state index in [1.807, 2.05) is 40.8 Å². The van der Waals surface area contributed by atoms with Gasteiger partial charge in [0, 0.05) is 12.2 Å². The number of benzene rings is 1. The maximum atomic E-state index is 12.6. The second kappa shape index (κ2) is 9.45. The molecule has 3 aromatic heterocycles. The average molecular weight is 467 g/mol. The van der Waals surface area contributed by atoms with Gasteiger partial charge in [0.1, 0.15) is 11.3 Å². The van der Waals surface area contributed by atoms with Crippen molar-refractivity contribution in [3.8, 4) is 0 Å². The van der Waals surface area contributed by atoms with Crippen molar-refractivity contribution in [1.29, 1.82) is 0 Å². The maximum Gasteiger partial charge on any atom is 0.344 e. The molecule has 9 nitrogen and oxygen atoms in total. The number of ketones is 1. The molecule has 0 fully saturated rings. The van der Waals surface area contributed by atoms with Crippen molar-refractivity contribution >= 4 is 51.9 Å². The van der Waals surface area contributed by atoms with E-state index in [4.69, 9.17) is 9.15 Å². The first-order chi connectivity index (χ1) is 15.9. The molecule has 3 heterocycles. The van der Waals surface area contributed by atoms with E-state index in [0.717, 1.165) is 16.6 Å². The van der Waals surface area contributed by atoms with Crippen molar-refractivity contribution < 1.29 is 23.5 Å². The van der Waals surface area contributed by atoms with Gasteiger partial charge in [-0.05, 0) is 44.4 Å². The Morgan fingerprint density at radius 3 is 2.67 bits per heavy atom. The quantitative estimate of drug-likeness (QED) is 0.232. The number of anilines is 1. The Hall–Kier alpha value is -3.66. The topological polar surface area (TPSA) is 116 Å². The van der Waals surface area contributed by atoms with Gasteiger partial charge < -0.3 is 9.15 Å². The lowest BCUT2D eigenvalue weighted by Gasteiger charge is -2.06. The number of aromatic nitrogens is 3. The molecule has 4 aromatic rings. The molecule has 170 valence electrons. The molecule has 4 rings (SSSR count). The van der Waals surface area contributed by atoms with Crippen LogP contribution >= 0.6 is 11.8 Å². The molecule has 0 spiro atoms. The molecule has 0 aliphatic heterocycles. The summed E-state index contributed by atoms with van der Waals surface area (Å²) in [6, 6.07) is 11.8. The molecule has 0 saturated heterocycles. The zero-order valence-corrected chi connectivity index (χ0v) is 19.2. The van der Waals surface area contributed by atoms with Crippen LogP contribution < -0.4 is 5.32 Å². The number of aryl methyl sites for hydroxylation is 1. The number of nitrogens with zero attached hydrogens (tertiary/aromatic N) is 3. The Bertz CT molecular complexity index is 1370. The van der Waals surface area contributed by atoms with Gasteiger partial charge in [0.2, 0.25) is 11.8 Å². The molecule has 0 bridgehead atoms. The molecule has 10 heteroatoms. The third kappa shape index (κ3) is 4.47. The normalized spacial score (nSPS) is 11.1. The van der Waals surface area contributed by atoms with E-state index in [2.05, 4.69) is 15.5 Å². The van der Waals surface area contributed by atoms with Crippen LogP contribution in [0.1, 0.15) is 46.7 Å². The van der Waals surface area contributed by atoms with E-state index in [1.165, 1.54) is 18.7 Å². The highest BCUT2D eigenvalue weighted by Crippen LogP contribution is 2.29. The standard InChI is InChI=1S/C23H22N4O5S/c1-4-31-22(30)20-19(13(2)28)14(3)32-21(20)24-18(29)11-12-33-23-26-25-17-10-9-15-7-5-6-8-16(15)27(17)23/h5-10H,4,11-12H2,1-3H3,(H,24,29). The van der Waals surface area contributed by atoms with Gasteiger partial charge in [-0.25, -0.2) is 4.79 Å². The maximum absolute atomic E-state index is 12.6. The number of thioether (sulfide) groups is 1. The van der Waals surface area contributed by atoms with E-state index in [1.54, 1.807) is 13.8 Å². The fraction of sp³-hybridized carbons (Fsp3) is 0.261. The highest BCUT2D eigenvalue weighted by atomic mass is 32.2. The Kier molecular flexibility index (Phi) is 6.45. The predicted molar refractivity (Wildman–Crippen MR) is 124 cm³/mol. The van der Waals surface area contributed by atoms with Crippen LogP contribution in [-0.2, 0) is 9.53 Å². The number of fused-ring (bicyclic) bond motifs is 3. The van der Waals surface area contributed by atoms with E-state index in [-0.39, 0.29) is 47.5 Å². The first-order valence-electron chi connectivity index (χ1n) is 10.4. The Morgan fingerprint density at radius 1 is 1.12 bits per heavy atom. The molecule has 1 aromatic carbocycles. The summed E-state index contributed by atoms with van der Waals surface area (Å²) in [6.07, 6.45) is 0.127. The van der Waals surface area contributed by atoms with Crippen molar-refractivity contribution in [2.75, 3.05) is 17.7 Å². The molecule has 0 unspecified atom stereocenters. The lowest BCUT2D eigenvalue weighted by Crippen LogP contribution is -2.16. The van der Waals surface area contributed by atoms with Crippen LogP contribution in [0.3, 0.4) is 0 Å². The fourth-order valence-corrected chi connectivity index (χ4v) is 4.47. The highest BCUT2D eigenvalue weighted by Gasteiger charge is 2.28. The third-order valence-corrected chi connectivity index (χ3v) is 5.91. The molecular formula is C23H22N4O5S. The van der Waals surface area contributed by atoms with Crippen LogP contribution in [0.25, 0.3) is 16.6 Å². The van der Waals surface area contributed by atoms with Gasteiger partial charge in [0.25, 0.3) is 0 Å². The van der Waals surface area contributed by atoms with Crippen LogP contribution in [0.15, 0.2) is 46.0 Å². The van der Waals surface area contributed by atoms with Crippen molar-refractivity contribution in [3.05, 3.63) is 53.3 Å². The SMILES string of the molecule is CCOC(=O)c1c(NC(=O)CCSc2nnc3ccc4ccccc4n23)oc(C)c1C(C)=O. The molecule has 33 heavy (non-hydrogen) atoms. The number of carbonyl (C=O) groups is 3. The summed E-state index contributed by atoms with van der Waals surface area (Å²) < 4.78 is 12.5. The van der Waals surface area contributed by atoms with Crippen LogP contribution in [-0.4, -0.2) is 44.6 Å². The average Bonchev–Trinajstić information content (AvgIpc) is 3.34. The molecule has 1 amide bonds. The summed E-state index contributed by atoms with van der Waals surface area (Å²) >= 11 is 1.39. The smallest absolute Gasteiger partial charge is 0.344 e. The van der Waals surface area contributed by atoms with Crippen molar-refractivity contribution in [2.24, 2.45) is 0 Å². The first-order valence-corrected chi connectivity index (χ1v) is 11.4. The van der Waals surface area contributed by atoms with Crippen LogP contribution in [0.5, 0.6) is 0 Å². The van der Waals surface area contributed by atoms with E-state index in [0.29, 0.717) is 10.9 Å². The Balaban J connectivity index is 1.48. The van der Waals surface area contributed by atoms with Crippen molar-refractivity contribution in [2.45, 2.75) is 32.3 Å². The molecule has 0 saturated carbocycles. The number of rotatable bonds is 8. The van der Waals surface area contributed by atoms with Crippen molar-refractivity contribution in [3.63, 3.8) is 0 Å². The number of para-hydroxylation sites is 1. The summed E-state index contributed by atoms with van der Waals surface area (Å²) in [7, 11) is 0. The van der Waals surface area contributed by atoms with Crippen LogP contribution in [0.2, 0.25) is 0 Å². The number of esters is 1. The Morgan fingerprint density at radius 2 is 1.91 bits per heavy atom. The summed E-state index contributed by atoms with van der Waals surface area (Å²) in [5.74, 6) is -0.839. The molecule has 0 aliphatic carbocycles. The number of hydrogen-bond acceptors (Lipinski definition) is 8. The number of furan rings is 1. The van der Waals surface area contributed by atoms with Gasteiger partial charge >= 0.3 is 5.97 Å². The largest absolute Gasteiger partial charge is 0.462 e. The number of amides is 1.